The predicted molar refractivity (Wildman–Crippen MR) is 96.5 cm³/mol. The number of nitrogens with two attached hydrogens (primary N) is 1. The lowest BCUT2D eigenvalue weighted by Gasteiger charge is -2.07. The maximum absolute atomic E-state index is 5.81. The largest absolute Gasteiger partial charge is 0.368 e. The molecule has 0 spiro atoms. The molecule has 0 bridgehead atoms. The molecular formula is C16H14N8S. The van der Waals surface area contributed by atoms with Gasteiger partial charge in [0, 0.05) is 11.9 Å². The van der Waals surface area contributed by atoms with E-state index in [2.05, 4.69) is 30.5 Å². The summed E-state index contributed by atoms with van der Waals surface area (Å²) < 4.78 is 1.92. The number of fused-ring (bicyclic) bond motifs is 1. The van der Waals surface area contributed by atoms with Gasteiger partial charge in [-0.1, -0.05) is 36.0 Å². The van der Waals surface area contributed by atoms with Crippen LogP contribution in [0.15, 0.2) is 59.9 Å². The van der Waals surface area contributed by atoms with Gasteiger partial charge < -0.3 is 11.1 Å². The second-order valence-corrected chi connectivity index (χ2v) is 6.07. The summed E-state index contributed by atoms with van der Waals surface area (Å²) >= 11 is 1.49. The van der Waals surface area contributed by atoms with Crippen molar-refractivity contribution in [3.05, 3.63) is 60.6 Å². The lowest BCUT2D eigenvalue weighted by atomic mass is 10.3. The van der Waals surface area contributed by atoms with E-state index in [-0.39, 0.29) is 5.95 Å². The summed E-state index contributed by atoms with van der Waals surface area (Å²) in [4.78, 5) is 12.7. The molecule has 124 valence electrons. The molecule has 25 heavy (non-hydrogen) atoms. The minimum Gasteiger partial charge on any atom is -0.368 e. The minimum absolute atomic E-state index is 0.176. The van der Waals surface area contributed by atoms with Crippen molar-refractivity contribution in [3.63, 3.8) is 0 Å². The summed E-state index contributed by atoms with van der Waals surface area (Å²) in [5.74, 6) is 1.67. The maximum Gasteiger partial charge on any atom is 0.232 e. The van der Waals surface area contributed by atoms with E-state index in [0.29, 0.717) is 17.5 Å². The Morgan fingerprint density at radius 1 is 0.960 bits per heavy atom. The first-order valence-electron chi connectivity index (χ1n) is 7.53. The molecule has 0 aliphatic heterocycles. The summed E-state index contributed by atoms with van der Waals surface area (Å²) in [6.07, 6.45) is 1.92. The fourth-order valence-electron chi connectivity index (χ4n) is 2.26. The third-order valence-corrected chi connectivity index (χ3v) is 4.28. The van der Waals surface area contributed by atoms with E-state index in [1.165, 1.54) is 11.8 Å². The number of para-hydroxylation sites is 1. The SMILES string of the molecule is Nc1nc(CSc2nnc3ccccn23)nc(Nc2ccccc2)n1. The third-order valence-electron chi connectivity index (χ3n) is 3.34. The Balaban J connectivity index is 1.52. The molecule has 0 atom stereocenters. The summed E-state index contributed by atoms with van der Waals surface area (Å²) in [6, 6.07) is 15.4. The summed E-state index contributed by atoms with van der Waals surface area (Å²) in [6.45, 7) is 0. The normalized spacial score (nSPS) is 10.9. The number of pyridine rings is 1. The number of rotatable bonds is 5. The first-order chi connectivity index (χ1) is 12.3. The van der Waals surface area contributed by atoms with Crippen molar-refractivity contribution in [2.24, 2.45) is 0 Å². The van der Waals surface area contributed by atoms with Crippen LogP contribution in [0.5, 0.6) is 0 Å². The van der Waals surface area contributed by atoms with Crippen LogP contribution in [0.1, 0.15) is 5.82 Å². The average Bonchev–Trinajstić information content (AvgIpc) is 3.04. The molecule has 3 aromatic heterocycles. The molecule has 0 amide bonds. The molecular weight excluding hydrogens is 336 g/mol. The zero-order valence-corrected chi connectivity index (χ0v) is 13.9. The van der Waals surface area contributed by atoms with Crippen molar-refractivity contribution < 1.29 is 0 Å². The number of aromatic nitrogens is 6. The highest BCUT2D eigenvalue weighted by molar-refractivity contribution is 7.98. The lowest BCUT2D eigenvalue weighted by molar-refractivity contribution is 0.914. The standard InChI is InChI=1S/C16H14N8S/c17-14-19-12(20-15(21-14)18-11-6-2-1-3-7-11)10-25-16-23-22-13-8-4-5-9-24(13)16/h1-9H,10H2,(H3,17,18,19,20,21). The van der Waals surface area contributed by atoms with Crippen LogP contribution in [0.4, 0.5) is 17.6 Å². The number of hydrogen-bond acceptors (Lipinski definition) is 8. The first kappa shape index (κ1) is 15.3. The van der Waals surface area contributed by atoms with Crippen LogP contribution in [0.2, 0.25) is 0 Å². The van der Waals surface area contributed by atoms with Crippen LogP contribution >= 0.6 is 11.8 Å². The molecule has 3 heterocycles. The van der Waals surface area contributed by atoms with Crippen molar-refractivity contribution in [1.29, 1.82) is 0 Å². The number of anilines is 3. The van der Waals surface area contributed by atoms with Crippen LogP contribution in [0, 0.1) is 0 Å². The Kier molecular flexibility index (Phi) is 4.13. The van der Waals surface area contributed by atoms with Crippen molar-refractivity contribution in [1.82, 2.24) is 29.5 Å². The second kappa shape index (κ2) is 6.73. The second-order valence-electron chi connectivity index (χ2n) is 5.12. The van der Waals surface area contributed by atoms with Gasteiger partial charge in [-0.25, -0.2) is 0 Å². The molecule has 3 N–H and O–H groups in total. The van der Waals surface area contributed by atoms with Crippen molar-refractivity contribution >= 4 is 35.0 Å². The number of thioether (sulfide) groups is 1. The van der Waals surface area contributed by atoms with Gasteiger partial charge in [0.1, 0.15) is 5.82 Å². The molecule has 8 nitrogen and oxygen atoms in total. The summed E-state index contributed by atoms with van der Waals surface area (Å²) in [7, 11) is 0. The van der Waals surface area contributed by atoms with Crippen LogP contribution in [-0.4, -0.2) is 29.5 Å². The van der Waals surface area contributed by atoms with Gasteiger partial charge in [-0.3, -0.25) is 4.40 Å². The highest BCUT2D eigenvalue weighted by Gasteiger charge is 2.09. The molecule has 0 fully saturated rings. The summed E-state index contributed by atoms with van der Waals surface area (Å²) in [5, 5.41) is 12.2. The highest BCUT2D eigenvalue weighted by atomic mass is 32.2. The average molecular weight is 350 g/mol. The Labute approximate surface area is 147 Å². The smallest absolute Gasteiger partial charge is 0.232 e. The lowest BCUT2D eigenvalue weighted by Crippen LogP contribution is -2.06. The van der Waals surface area contributed by atoms with E-state index < -0.39 is 0 Å². The van der Waals surface area contributed by atoms with Gasteiger partial charge in [0.25, 0.3) is 0 Å². The topological polar surface area (TPSA) is 107 Å². The molecule has 0 aliphatic rings. The van der Waals surface area contributed by atoms with E-state index in [4.69, 9.17) is 5.73 Å². The van der Waals surface area contributed by atoms with Gasteiger partial charge in [-0.2, -0.15) is 15.0 Å². The van der Waals surface area contributed by atoms with Crippen LogP contribution < -0.4 is 11.1 Å². The van der Waals surface area contributed by atoms with Gasteiger partial charge in [0.05, 0.1) is 5.75 Å². The highest BCUT2D eigenvalue weighted by Crippen LogP contribution is 2.21. The zero-order chi connectivity index (χ0) is 17.1. The molecule has 0 radical (unpaired) electrons. The van der Waals surface area contributed by atoms with E-state index in [1.54, 1.807) is 0 Å². The van der Waals surface area contributed by atoms with E-state index in [9.17, 15) is 0 Å². The van der Waals surface area contributed by atoms with E-state index in [0.717, 1.165) is 16.5 Å². The number of benzene rings is 1. The predicted octanol–water partition coefficient (Wildman–Crippen LogP) is 2.53. The number of nitrogens with one attached hydrogen (secondary N) is 1. The van der Waals surface area contributed by atoms with Gasteiger partial charge in [0.15, 0.2) is 10.8 Å². The Hall–Kier alpha value is -3.20. The molecule has 4 aromatic rings. The fourth-order valence-corrected chi connectivity index (χ4v) is 3.04. The van der Waals surface area contributed by atoms with Crippen LogP contribution in [-0.2, 0) is 5.75 Å². The summed E-state index contributed by atoms with van der Waals surface area (Å²) in [5.41, 5.74) is 7.49. The third kappa shape index (κ3) is 3.50. The van der Waals surface area contributed by atoms with Gasteiger partial charge in [-0.05, 0) is 24.3 Å². The number of nitrogens with zero attached hydrogens (tertiary/aromatic N) is 6. The van der Waals surface area contributed by atoms with Crippen molar-refractivity contribution in [2.75, 3.05) is 11.1 Å². The Morgan fingerprint density at radius 3 is 2.68 bits per heavy atom. The van der Waals surface area contributed by atoms with E-state index >= 15 is 0 Å². The van der Waals surface area contributed by atoms with Crippen LogP contribution in [0.25, 0.3) is 5.65 Å². The Morgan fingerprint density at radius 2 is 1.80 bits per heavy atom. The molecule has 0 unspecified atom stereocenters. The fraction of sp³-hybridized carbons (Fsp3) is 0.0625. The molecule has 0 saturated carbocycles. The Bertz CT molecular complexity index is 1000. The zero-order valence-electron chi connectivity index (χ0n) is 13.1. The monoisotopic (exact) mass is 350 g/mol. The van der Waals surface area contributed by atoms with Crippen molar-refractivity contribution in [3.8, 4) is 0 Å². The molecule has 1 aromatic carbocycles. The molecule has 0 saturated heterocycles. The molecule has 9 heteroatoms. The minimum atomic E-state index is 0.176. The van der Waals surface area contributed by atoms with Crippen molar-refractivity contribution in [2.45, 2.75) is 10.9 Å². The maximum atomic E-state index is 5.81. The van der Waals surface area contributed by atoms with Gasteiger partial charge >= 0.3 is 0 Å². The first-order valence-corrected chi connectivity index (χ1v) is 8.51. The molecule has 4 rings (SSSR count). The van der Waals surface area contributed by atoms with Gasteiger partial charge in [-0.15, -0.1) is 10.2 Å². The number of hydrogen-bond donors (Lipinski definition) is 2. The van der Waals surface area contributed by atoms with Gasteiger partial charge in [0.2, 0.25) is 11.9 Å². The number of nitrogen functional groups attached to an aromatic ring is 1. The van der Waals surface area contributed by atoms with Crippen LogP contribution in [0.3, 0.4) is 0 Å². The molecule has 0 aliphatic carbocycles. The quantitative estimate of drug-likeness (QED) is 0.529. The van der Waals surface area contributed by atoms with E-state index in [1.807, 2.05) is 59.1 Å².